The summed E-state index contributed by atoms with van der Waals surface area (Å²) >= 11 is 0. The van der Waals surface area contributed by atoms with Gasteiger partial charge in [0, 0.05) is 5.41 Å². The van der Waals surface area contributed by atoms with Gasteiger partial charge in [0.15, 0.2) is 0 Å². The minimum Gasteiger partial charge on any atom is -0.660 e. The van der Waals surface area contributed by atoms with Crippen LogP contribution in [0.2, 0.25) is 0 Å². The zero-order valence-electron chi connectivity index (χ0n) is 23.5. The van der Waals surface area contributed by atoms with Crippen molar-refractivity contribution in [3.8, 4) is 0 Å². The van der Waals surface area contributed by atoms with Gasteiger partial charge in [0.05, 0.1) is 22.8 Å². The molecule has 7 rings (SSSR count). The molecule has 0 fully saturated rings. The Hall–Kier alpha value is -4.04. The van der Waals surface area contributed by atoms with Gasteiger partial charge in [0.1, 0.15) is 0 Å². The van der Waals surface area contributed by atoms with Gasteiger partial charge in [-0.3, -0.25) is 9.98 Å². The summed E-state index contributed by atoms with van der Waals surface area (Å²) in [6.45, 7) is 8.77. The molecule has 0 saturated heterocycles. The van der Waals surface area contributed by atoms with Crippen molar-refractivity contribution in [2.24, 2.45) is 15.4 Å². The number of hydrogen-bond donors (Lipinski definition) is 0. The van der Waals surface area contributed by atoms with Gasteiger partial charge in [-0.25, -0.2) is 0 Å². The van der Waals surface area contributed by atoms with Crippen molar-refractivity contribution in [3.05, 3.63) is 155 Å². The molecule has 3 aliphatic heterocycles. The van der Waals surface area contributed by atoms with Crippen LogP contribution in [0.1, 0.15) is 61.6 Å². The molecule has 4 nitrogen and oxygen atoms in total. The molecule has 0 amide bonds. The molecule has 0 spiro atoms. The van der Waals surface area contributed by atoms with Crippen molar-refractivity contribution in [3.63, 3.8) is 0 Å². The fraction of sp³-hybridized carbons (Fsp3) is 0.167. The molecule has 4 aromatic rings. The molecule has 0 saturated carbocycles. The molecule has 204 valence electrons. The Morgan fingerprint density at radius 3 is 1.32 bits per heavy atom. The Bertz CT molecular complexity index is 1690. The van der Waals surface area contributed by atoms with Crippen LogP contribution in [-0.2, 0) is 25.8 Å². The SMILES string of the molecule is CC1(C)C2=N/C(=C(/c3ccccc3)c3ccc([n-]3)C(C)(C)c3ccc([n-]3)/C(c3ccccc3)=C3/C=CC1=N3)C=C2.[Pd+2]. The summed E-state index contributed by atoms with van der Waals surface area (Å²) in [4.78, 5) is 20.8. The fourth-order valence-corrected chi connectivity index (χ4v) is 5.72. The number of rotatable bonds is 2. The van der Waals surface area contributed by atoms with Gasteiger partial charge < -0.3 is 9.97 Å². The van der Waals surface area contributed by atoms with Crippen LogP contribution in [0.15, 0.2) is 131 Å². The molecule has 0 radical (unpaired) electrons. The smallest absolute Gasteiger partial charge is 0.660 e. The third kappa shape index (κ3) is 4.50. The van der Waals surface area contributed by atoms with Gasteiger partial charge in [-0.05, 0) is 65.8 Å². The molecule has 0 aliphatic carbocycles. The molecule has 2 aromatic carbocycles. The van der Waals surface area contributed by atoms with E-state index >= 15 is 0 Å². The van der Waals surface area contributed by atoms with Crippen LogP contribution in [0.4, 0.5) is 0 Å². The first kappa shape index (κ1) is 27.1. The van der Waals surface area contributed by atoms with Crippen molar-refractivity contribution in [2.45, 2.75) is 33.1 Å². The van der Waals surface area contributed by atoms with Gasteiger partial charge >= 0.3 is 20.4 Å². The largest absolute Gasteiger partial charge is 2.00 e. The summed E-state index contributed by atoms with van der Waals surface area (Å²) < 4.78 is 0. The average molecular weight is 625 g/mol. The molecular weight excluding hydrogens is 595 g/mol. The number of benzene rings is 2. The topological polar surface area (TPSA) is 52.9 Å². The van der Waals surface area contributed by atoms with Gasteiger partial charge in [-0.1, -0.05) is 98.8 Å². The number of allylic oxidation sites excluding steroid dienone is 4. The van der Waals surface area contributed by atoms with Crippen LogP contribution >= 0.6 is 0 Å². The maximum atomic E-state index is 5.21. The third-order valence-corrected chi connectivity index (χ3v) is 8.27. The van der Waals surface area contributed by atoms with Gasteiger partial charge in [0.25, 0.3) is 0 Å². The molecule has 41 heavy (non-hydrogen) atoms. The number of aromatic nitrogens is 2. The van der Waals surface area contributed by atoms with Crippen molar-refractivity contribution >= 4 is 22.6 Å². The molecule has 5 heterocycles. The number of fused-ring (bicyclic) bond motifs is 6. The van der Waals surface area contributed by atoms with E-state index in [0.717, 1.165) is 67.9 Å². The van der Waals surface area contributed by atoms with Crippen molar-refractivity contribution in [2.75, 3.05) is 0 Å². The predicted molar refractivity (Wildman–Crippen MR) is 164 cm³/mol. The second-order valence-electron chi connectivity index (χ2n) is 11.6. The second kappa shape index (κ2) is 10.1. The minimum absolute atomic E-state index is 0. The summed E-state index contributed by atoms with van der Waals surface area (Å²) in [5.74, 6) is 0. The molecule has 0 unspecified atom stereocenters. The first-order chi connectivity index (χ1) is 19.3. The molecule has 0 N–H and O–H groups in total. The van der Waals surface area contributed by atoms with E-state index in [4.69, 9.17) is 20.0 Å². The van der Waals surface area contributed by atoms with Crippen molar-refractivity contribution < 1.29 is 20.4 Å². The maximum Gasteiger partial charge on any atom is 2.00 e. The second-order valence-corrected chi connectivity index (χ2v) is 11.6. The standard InChI is InChI=1S/C36H30N4.Pd/c1-35(2)29-19-15-25(37-29)33(23-11-7-5-8-12-23)27-17-21-31(39-27)36(3,4)32-22-18-28(40-32)34(24-13-9-6-10-14-24)26-16-20-30(35)38-26;/h5-22H,1-4H3;/q-2;+2/b33-25-,34-26-;. The zero-order valence-corrected chi connectivity index (χ0v) is 25.1. The van der Waals surface area contributed by atoms with E-state index in [2.05, 4.69) is 125 Å². The van der Waals surface area contributed by atoms with Gasteiger partial charge in [0.2, 0.25) is 0 Å². The summed E-state index contributed by atoms with van der Waals surface area (Å²) in [5.41, 5.74) is 11.1. The predicted octanol–water partition coefficient (Wildman–Crippen LogP) is 7.50. The quantitative estimate of drug-likeness (QED) is 0.217. The van der Waals surface area contributed by atoms with Crippen LogP contribution in [0.5, 0.6) is 0 Å². The van der Waals surface area contributed by atoms with E-state index < -0.39 is 10.8 Å². The monoisotopic (exact) mass is 624 g/mol. The summed E-state index contributed by atoms with van der Waals surface area (Å²) in [6, 6.07) is 29.3. The van der Waals surface area contributed by atoms with Crippen LogP contribution in [0.3, 0.4) is 0 Å². The zero-order chi connectivity index (χ0) is 27.5. The van der Waals surface area contributed by atoms with Crippen molar-refractivity contribution in [1.29, 1.82) is 0 Å². The van der Waals surface area contributed by atoms with E-state index in [9.17, 15) is 0 Å². The molecule has 8 bridgehead atoms. The van der Waals surface area contributed by atoms with Crippen molar-refractivity contribution in [1.82, 2.24) is 9.97 Å². The van der Waals surface area contributed by atoms with Gasteiger partial charge in [-0.2, -0.15) is 11.4 Å². The summed E-state index contributed by atoms with van der Waals surface area (Å²) in [6.07, 6.45) is 8.50. The number of nitrogens with zero attached hydrogens (tertiary/aromatic N) is 4. The maximum absolute atomic E-state index is 5.21. The van der Waals surface area contributed by atoms with Crippen LogP contribution in [0.25, 0.3) is 11.1 Å². The van der Waals surface area contributed by atoms with E-state index in [-0.39, 0.29) is 20.4 Å². The molecule has 5 heteroatoms. The molecule has 0 atom stereocenters. The molecular formula is C36H30N4Pd. The van der Waals surface area contributed by atoms with Crippen LogP contribution in [0, 0.1) is 5.41 Å². The minimum atomic E-state index is -0.394. The number of aliphatic imine (C=N–C) groups is 2. The summed E-state index contributed by atoms with van der Waals surface area (Å²) in [7, 11) is 0. The first-order valence-corrected chi connectivity index (χ1v) is 13.8. The van der Waals surface area contributed by atoms with Gasteiger partial charge in [-0.15, -0.1) is 11.4 Å². The Kier molecular flexibility index (Phi) is 6.69. The van der Waals surface area contributed by atoms with Crippen LogP contribution < -0.4 is 9.97 Å². The summed E-state index contributed by atoms with van der Waals surface area (Å²) in [5, 5.41) is 0. The average Bonchev–Trinajstić information content (AvgIpc) is 3.78. The first-order valence-electron chi connectivity index (χ1n) is 13.8. The van der Waals surface area contributed by atoms with Crippen LogP contribution in [-0.4, -0.2) is 11.4 Å². The van der Waals surface area contributed by atoms with E-state index in [1.165, 1.54) is 0 Å². The van der Waals surface area contributed by atoms with E-state index in [1.54, 1.807) is 0 Å². The Labute approximate surface area is 255 Å². The Balaban J connectivity index is 0.00000302. The normalized spacial score (nSPS) is 21.9. The fourth-order valence-electron chi connectivity index (χ4n) is 5.72. The third-order valence-electron chi connectivity index (χ3n) is 8.27. The number of hydrogen-bond acceptors (Lipinski definition) is 2. The Morgan fingerprint density at radius 2 is 0.902 bits per heavy atom. The Morgan fingerprint density at radius 1 is 0.488 bits per heavy atom. The van der Waals surface area contributed by atoms with E-state index in [1.807, 2.05) is 12.1 Å². The molecule has 2 aromatic heterocycles. The van der Waals surface area contributed by atoms with E-state index in [0.29, 0.717) is 0 Å². The molecule has 3 aliphatic rings.